The van der Waals surface area contributed by atoms with E-state index >= 15 is 0 Å². The fourth-order valence-electron chi connectivity index (χ4n) is 2.80. The van der Waals surface area contributed by atoms with Crippen LogP contribution in [-0.4, -0.2) is 21.1 Å². The molecule has 8 nitrogen and oxygen atoms in total. The number of halogens is 1. The molecule has 29 heavy (non-hydrogen) atoms. The lowest BCUT2D eigenvalue weighted by molar-refractivity contribution is -0.380. The number of hydrogen-bond acceptors (Lipinski definition) is 8. The van der Waals surface area contributed by atoms with Gasteiger partial charge in [0.05, 0.1) is 10.5 Å². The van der Waals surface area contributed by atoms with E-state index in [2.05, 4.69) is 10.2 Å². The summed E-state index contributed by atoms with van der Waals surface area (Å²) in [5.41, 5.74) is 2.03. The van der Waals surface area contributed by atoms with Crippen LogP contribution < -0.4 is 9.47 Å². The van der Waals surface area contributed by atoms with Gasteiger partial charge in [-0.2, -0.15) is 0 Å². The van der Waals surface area contributed by atoms with E-state index in [-0.39, 0.29) is 27.3 Å². The van der Waals surface area contributed by atoms with Crippen LogP contribution in [0.1, 0.15) is 40.2 Å². The number of carbonyl (C=O) groups is 1. The zero-order valence-corrected chi connectivity index (χ0v) is 16.7. The van der Waals surface area contributed by atoms with Gasteiger partial charge < -0.3 is 9.47 Å². The van der Waals surface area contributed by atoms with Crippen LogP contribution in [0.3, 0.4) is 0 Å². The van der Waals surface area contributed by atoms with Crippen LogP contribution in [0, 0.1) is 17.0 Å². The Labute approximate surface area is 174 Å². The number of ether oxygens (including phenoxy) is 2. The molecule has 0 saturated heterocycles. The second-order valence-electron chi connectivity index (χ2n) is 6.53. The summed E-state index contributed by atoms with van der Waals surface area (Å²) in [4.78, 5) is 22.7. The van der Waals surface area contributed by atoms with Gasteiger partial charge in [0, 0.05) is 17.5 Å². The van der Waals surface area contributed by atoms with Crippen molar-refractivity contribution >= 4 is 33.9 Å². The molecule has 2 heterocycles. The van der Waals surface area contributed by atoms with E-state index in [0.717, 1.165) is 41.4 Å². The molecular weight excluding hydrogens is 418 g/mol. The van der Waals surface area contributed by atoms with Gasteiger partial charge in [0.15, 0.2) is 10.9 Å². The first-order valence-corrected chi connectivity index (χ1v) is 9.94. The topological polar surface area (TPSA) is 104 Å². The number of para-hydroxylation sites is 1. The van der Waals surface area contributed by atoms with E-state index < -0.39 is 10.9 Å². The molecule has 0 N–H and O–H groups in total. The lowest BCUT2D eigenvalue weighted by Crippen LogP contribution is -2.09. The van der Waals surface area contributed by atoms with Crippen molar-refractivity contribution in [2.45, 2.75) is 25.7 Å². The van der Waals surface area contributed by atoms with Gasteiger partial charge in [-0.05, 0) is 36.8 Å². The molecule has 0 unspecified atom stereocenters. The number of benzene rings is 1. The highest BCUT2D eigenvalue weighted by molar-refractivity contribution is 7.13. The van der Waals surface area contributed by atoms with Crippen LogP contribution in [-0.2, 0) is 0 Å². The smallest absolute Gasteiger partial charge is 0.344 e. The number of nitro groups is 1. The number of esters is 1. The van der Waals surface area contributed by atoms with E-state index in [4.69, 9.17) is 21.1 Å². The molecule has 148 valence electrons. The molecule has 4 rings (SSSR count). The van der Waals surface area contributed by atoms with Gasteiger partial charge in [-0.1, -0.05) is 41.1 Å². The molecule has 0 radical (unpaired) electrons. The van der Waals surface area contributed by atoms with E-state index in [1.807, 2.05) is 25.1 Å². The minimum absolute atomic E-state index is 0.0105. The largest absolute Gasteiger partial charge is 0.434 e. The molecule has 1 aromatic carbocycles. The van der Waals surface area contributed by atoms with Gasteiger partial charge in [0.1, 0.15) is 5.75 Å². The van der Waals surface area contributed by atoms with Crippen molar-refractivity contribution in [2.24, 2.45) is 0 Å². The van der Waals surface area contributed by atoms with Crippen molar-refractivity contribution in [1.29, 1.82) is 0 Å². The number of rotatable bonds is 6. The van der Waals surface area contributed by atoms with Crippen LogP contribution in [0.5, 0.6) is 17.4 Å². The first-order valence-electron chi connectivity index (χ1n) is 8.68. The molecule has 0 aliphatic heterocycles. The maximum Gasteiger partial charge on any atom is 0.344 e. The van der Waals surface area contributed by atoms with Crippen LogP contribution in [0.25, 0.3) is 0 Å². The standard InChI is InChI=1S/C19H14ClN3O5S/c1-10-3-2-4-13(11-5-6-11)17(10)28-18-14(8-15(20)21-22-18)27-19(24)12-7-16(23(25)26)29-9-12/h2-4,7-9,11H,5-6H2,1H3. The monoisotopic (exact) mass is 431 g/mol. The molecule has 0 spiro atoms. The SMILES string of the molecule is Cc1cccc(C2CC2)c1Oc1nnc(Cl)cc1OC(=O)c1csc([N+](=O)[O-])c1. The Morgan fingerprint density at radius 1 is 1.31 bits per heavy atom. The van der Waals surface area contributed by atoms with Crippen LogP contribution >= 0.6 is 22.9 Å². The summed E-state index contributed by atoms with van der Waals surface area (Å²) in [5.74, 6) is 0.269. The summed E-state index contributed by atoms with van der Waals surface area (Å²) >= 11 is 6.75. The van der Waals surface area contributed by atoms with Gasteiger partial charge in [-0.25, -0.2) is 4.79 Å². The Bertz CT molecular complexity index is 1110. The zero-order chi connectivity index (χ0) is 20.5. The second kappa shape index (κ2) is 7.76. The molecule has 3 aromatic rings. The summed E-state index contributed by atoms with van der Waals surface area (Å²) in [6.07, 6.45) is 2.18. The molecule has 1 aliphatic rings. The predicted octanol–water partition coefficient (Wildman–Crippen LogP) is 5.30. The molecule has 0 bridgehead atoms. The molecule has 0 atom stereocenters. The number of carbonyl (C=O) groups excluding carboxylic acids is 1. The average Bonchev–Trinajstić information content (AvgIpc) is 3.40. The maximum atomic E-state index is 12.4. The first kappa shape index (κ1) is 19.3. The van der Waals surface area contributed by atoms with Gasteiger partial charge in [0.2, 0.25) is 0 Å². The summed E-state index contributed by atoms with van der Waals surface area (Å²) in [7, 11) is 0. The minimum atomic E-state index is -0.782. The quantitative estimate of drug-likeness (QED) is 0.296. The highest BCUT2D eigenvalue weighted by Gasteiger charge is 2.28. The van der Waals surface area contributed by atoms with E-state index in [1.165, 1.54) is 11.4 Å². The fraction of sp³-hybridized carbons (Fsp3) is 0.211. The zero-order valence-electron chi connectivity index (χ0n) is 15.1. The number of hydrogen-bond donors (Lipinski definition) is 0. The molecular formula is C19H14ClN3O5S. The van der Waals surface area contributed by atoms with Crippen molar-refractivity contribution in [3.63, 3.8) is 0 Å². The summed E-state index contributed by atoms with van der Waals surface area (Å²) < 4.78 is 11.4. The average molecular weight is 432 g/mol. The third-order valence-corrected chi connectivity index (χ3v) is 5.42. The Hall–Kier alpha value is -3.04. The van der Waals surface area contributed by atoms with Crippen LogP contribution in [0.2, 0.25) is 5.15 Å². The fourth-order valence-corrected chi connectivity index (χ4v) is 3.63. The summed E-state index contributed by atoms with van der Waals surface area (Å²) in [5, 5.41) is 19.7. The Balaban J connectivity index is 1.63. The minimum Gasteiger partial charge on any atom is -0.434 e. The molecule has 1 fully saturated rings. The van der Waals surface area contributed by atoms with Crippen LogP contribution in [0.4, 0.5) is 5.00 Å². The molecule has 2 aromatic heterocycles. The van der Waals surface area contributed by atoms with Crippen molar-refractivity contribution in [2.75, 3.05) is 0 Å². The van der Waals surface area contributed by atoms with E-state index in [9.17, 15) is 14.9 Å². The normalized spacial score (nSPS) is 13.2. The van der Waals surface area contributed by atoms with Gasteiger partial charge in [0.25, 0.3) is 5.88 Å². The number of nitrogens with zero attached hydrogens (tertiary/aromatic N) is 3. The highest BCUT2D eigenvalue weighted by atomic mass is 35.5. The van der Waals surface area contributed by atoms with E-state index in [1.54, 1.807) is 0 Å². The summed E-state index contributed by atoms with van der Waals surface area (Å²) in [6, 6.07) is 8.35. The predicted molar refractivity (Wildman–Crippen MR) is 106 cm³/mol. The number of aryl methyl sites for hydroxylation is 1. The molecule has 0 amide bonds. The second-order valence-corrected chi connectivity index (χ2v) is 7.80. The maximum absolute atomic E-state index is 12.4. The molecule has 1 saturated carbocycles. The lowest BCUT2D eigenvalue weighted by Gasteiger charge is -2.14. The Kier molecular flexibility index (Phi) is 5.16. The van der Waals surface area contributed by atoms with Crippen molar-refractivity contribution < 1.29 is 19.2 Å². The lowest BCUT2D eigenvalue weighted by atomic mass is 10.1. The van der Waals surface area contributed by atoms with Gasteiger partial charge in [-0.3, -0.25) is 10.1 Å². The third-order valence-electron chi connectivity index (χ3n) is 4.36. The highest BCUT2D eigenvalue weighted by Crippen LogP contribution is 2.47. The number of thiophene rings is 1. The van der Waals surface area contributed by atoms with Crippen molar-refractivity contribution in [1.82, 2.24) is 10.2 Å². The molecule has 1 aliphatic carbocycles. The van der Waals surface area contributed by atoms with Gasteiger partial charge in [-0.15, -0.1) is 10.2 Å². The molecule has 10 heteroatoms. The third kappa shape index (κ3) is 4.20. The Morgan fingerprint density at radius 2 is 2.10 bits per heavy atom. The first-order chi connectivity index (χ1) is 13.9. The van der Waals surface area contributed by atoms with Gasteiger partial charge >= 0.3 is 11.0 Å². The van der Waals surface area contributed by atoms with Crippen molar-refractivity contribution in [3.05, 3.63) is 67.7 Å². The van der Waals surface area contributed by atoms with Crippen LogP contribution in [0.15, 0.2) is 35.7 Å². The summed E-state index contributed by atoms with van der Waals surface area (Å²) in [6.45, 7) is 1.92. The number of aromatic nitrogens is 2. The van der Waals surface area contributed by atoms with Crippen molar-refractivity contribution in [3.8, 4) is 17.4 Å². The Morgan fingerprint density at radius 3 is 2.79 bits per heavy atom. The van der Waals surface area contributed by atoms with E-state index in [0.29, 0.717) is 11.7 Å².